The Morgan fingerprint density at radius 1 is 0.625 bits per heavy atom. The molecule has 0 aromatic rings. The largest absolute Gasteiger partial charge is 0.756 e. The number of rotatable bonds is 35. The fourth-order valence-corrected chi connectivity index (χ4v) is 5.79. The van der Waals surface area contributed by atoms with Gasteiger partial charge in [-0.2, -0.15) is 0 Å². The van der Waals surface area contributed by atoms with Gasteiger partial charge >= 0.3 is 11.9 Å². The first kappa shape index (κ1) is 46.2. The predicted octanol–water partition coefficient (Wildman–Crippen LogP) is 6.26. The summed E-state index contributed by atoms with van der Waals surface area (Å²) in [4.78, 5) is 47.7. The van der Waals surface area contributed by atoms with Gasteiger partial charge in [-0.1, -0.05) is 129 Å². The summed E-state index contributed by atoms with van der Waals surface area (Å²) in [5.74, 6) is -2.59. The lowest BCUT2D eigenvalue weighted by Crippen LogP contribution is -2.70. The fraction of sp³-hybridized carbons (Fsp3) is 0.861. The molecule has 0 saturated heterocycles. The normalized spacial score (nSPS) is 14.1. The van der Waals surface area contributed by atoms with Crippen molar-refractivity contribution in [1.82, 2.24) is 0 Å². The minimum Gasteiger partial charge on any atom is -0.756 e. The summed E-state index contributed by atoms with van der Waals surface area (Å²) in [6.45, 7) is 2.65. The van der Waals surface area contributed by atoms with Gasteiger partial charge in [0.1, 0.15) is 25.2 Å². The maximum atomic E-state index is 12.5. The summed E-state index contributed by atoms with van der Waals surface area (Å²) in [6, 6.07) is -1.42. The smallest absolute Gasteiger partial charge is 0.306 e. The van der Waals surface area contributed by atoms with Crippen molar-refractivity contribution in [3.8, 4) is 0 Å². The Kier molecular flexibility index (Phi) is 31.2. The first-order valence-electron chi connectivity index (χ1n) is 18.7. The number of hydrogen-bond acceptors (Lipinski definition) is 10. The lowest BCUT2D eigenvalue weighted by Gasteiger charge is -2.26. The molecule has 0 fully saturated rings. The van der Waals surface area contributed by atoms with Gasteiger partial charge in [0.25, 0.3) is 7.82 Å². The molecule has 1 unspecified atom stereocenters. The molecule has 0 saturated carbocycles. The number of phosphoric ester groups is 1. The van der Waals surface area contributed by atoms with E-state index in [1.807, 2.05) is 0 Å². The molecular formula is C36H67NO10P-. The Morgan fingerprint density at radius 3 is 1.54 bits per heavy atom. The molecule has 3 atom stereocenters. The molecule has 0 spiro atoms. The molecule has 0 aromatic carbocycles. The molecular weight excluding hydrogens is 637 g/mol. The van der Waals surface area contributed by atoms with E-state index < -0.39 is 51.1 Å². The van der Waals surface area contributed by atoms with E-state index in [4.69, 9.17) is 14.0 Å². The first-order chi connectivity index (χ1) is 23.1. The number of carbonyl (C=O) groups is 3. The molecule has 0 radical (unpaired) electrons. The van der Waals surface area contributed by atoms with Crippen molar-refractivity contribution in [2.75, 3.05) is 19.8 Å². The van der Waals surface area contributed by atoms with E-state index in [2.05, 4.69) is 36.3 Å². The number of hydrogen-bond donors (Lipinski definition) is 1. The molecule has 12 heteroatoms. The highest BCUT2D eigenvalue weighted by Crippen LogP contribution is 2.38. The van der Waals surface area contributed by atoms with Gasteiger partial charge in [0.15, 0.2) is 6.10 Å². The summed E-state index contributed by atoms with van der Waals surface area (Å²) >= 11 is 0. The Morgan fingerprint density at radius 2 is 1.04 bits per heavy atom. The average Bonchev–Trinajstić information content (AvgIpc) is 3.05. The van der Waals surface area contributed by atoms with E-state index in [-0.39, 0.29) is 19.4 Å². The minimum atomic E-state index is -4.94. The van der Waals surface area contributed by atoms with Gasteiger partial charge in [-0.3, -0.25) is 14.2 Å². The van der Waals surface area contributed by atoms with Crippen LogP contribution in [0.5, 0.6) is 0 Å². The number of carbonyl (C=O) groups excluding carboxylic acids is 3. The van der Waals surface area contributed by atoms with E-state index in [9.17, 15) is 28.9 Å². The maximum Gasteiger partial charge on any atom is 0.306 e. The number of carboxylic acids is 1. The van der Waals surface area contributed by atoms with Crippen molar-refractivity contribution in [1.29, 1.82) is 0 Å². The molecule has 0 aliphatic rings. The zero-order valence-corrected chi connectivity index (χ0v) is 31.0. The Hall–Kier alpha value is -1.78. The quantitative estimate of drug-likeness (QED) is 0.0342. The standard InChI is InChI=1S/C36H68NO10P/c1-3-5-7-9-11-13-15-16-18-20-22-24-26-28-35(39)47-32(30-45-48(42,43)46-31-33(37)36(40)41)29-44-34(38)27-25-23-21-19-17-14-12-10-8-6-4-2/h13,15,32-33H,3-12,14,16-31,37H2,1-2H3,(H,40,41)(H,42,43)/p-1/b15-13-/t32-,33+/m1/s1. The van der Waals surface area contributed by atoms with Gasteiger partial charge in [-0.05, 0) is 38.5 Å². The van der Waals surface area contributed by atoms with E-state index in [1.165, 1.54) is 70.6 Å². The Labute approximate surface area is 290 Å². The van der Waals surface area contributed by atoms with E-state index in [0.29, 0.717) is 12.8 Å². The van der Waals surface area contributed by atoms with Crippen LogP contribution in [0.2, 0.25) is 0 Å². The number of aliphatic carboxylic acids is 1. The minimum absolute atomic E-state index is 0.140. The molecule has 0 aliphatic heterocycles. The van der Waals surface area contributed by atoms with Crippen molar-refractivity contribution in [3.05, 3.63) is 12.2 Å². The second-order valence-corrected chi connectivity index (χ2v) is 14.2. The topological polar surface area (TPSA) is 179 Å². The van der Waals surface area contributed by atoms with Crippen LogP contribution in [0.4, 0.5) is 0 Å². The van der Waals surface area contributed by atoms with Gasteiger partial charge in [0.05, 0.1) is 6.61 Å². The summed E-state index contributed by atoms with van der Waals surface area (Å²) in [6.07, 6.45) is 28.4. The number of phosphoric acid groups is 1. The van der Waals surface area contributed by atoms with Crippen molar-refractivity contribution in [2.24, 2.45) is 0 Å². The molecule has 0 aliphatic carbocycles. The zero-order valence-electron chi connectivity index (χ0n) is 30.1. The van der Waals surface area contributed by atoms with Crippen LogP contribution < -0.4 is 15.7 Å². The van der Waals surface area contributed by atoms with Gasteiger partial charge in [-0.25, -0.2) is 0 Å². The molecule has 0 rings (SSSR count). The van der Waals surface area contributed by atoms with E-state index in [1.54, 1.807) is 0 Å². The molecule has 3 N–H and O–H groups in total. The van der Waals surface area contributed by atoms with Gasteiger partial charge in [-0.15, -0.1) is 0 Å². The number of carboxylic acid groups (broad SMARTS) is 1. The van der Waals surface area contributed by atoms with Crippen LogP contribution in [-0.4, -0.2) is 49.9 Å². The second-order valence-electron chi connectivity index (χ2n) is 12.8. The Bertz CT molecular complexity index is 885. The van der Waals surface area contributed by atoms with Crippen LogP contribution in [0.25, 0.3) is 0 Å². The van der Waals surface area contributed by atoms with Crippen LogP contribution in [-0.2, 0) is 37.5 Å². The molecule has 282 valence electrons. The number of quaternary nitrogens is 1. The lowest BCUT2D eigenvalue weighted by atomic mass is 10.1. The van der Waals surface area contributed by atoms with Crippen molar-refractivity contribution < 1.29 is 53.2 Å². The molecule has 0 heterocycles. The summed E-state index contributed by atoms with van der Waals surface area (Å²) in [7, 11) is -4.94. The number of unbranched alkanes of at least 4 members (excludes halogenated alkanes) is 19. The monoisotopic (exact) mass is 704 g/mol. The van der Waals surface area contributed by atoms with Crippen molar-refractivity contribution >= 4 is 25.7 Å². The predicted molar refractivity (Wildman–Crippen MR) is 183 cm³/mol. The third kappa shape index (κ3) is 31.5. The van der Waals surface area contributed by atoms with Crippen LogP contribution in [0, 0.1) is 0 Å². The molecule has 0 bridgehead atoms. The summed E-state index contributed by atoms with van der Waals surface area (Å²) < 4.78 is 32.2. The second kappa shape index (κ2) is 32.4. The molecule has 11 nitrogen and oxygen atoms in total. The maximum absolute atomic E-state index is 12.5. The zero-order chi connectivity index (χ0) is 35.7. The SMILES string of the molecule is CCCCCC/C=C\CCCCCCCC(=O)O[C@H](COC(=O)CCCCCCCCCCCCC)COP(=O)([O-])OC[C@H]([NH3+])C(=O)[O-]. The molecule has 0 aromatic heterocycles. The van der Waals surface area contributed by atoms with E-state index in [0.717, 1.165) is 57.8 Å². The average molecular weight is 705 g/mol. The van der Waals surface area contributed by atoms with Crippen molar-refractivity contribution in [3.63, 3.8) is 0 Å². The van der Waals surface area contributed by atoms with Crippen LogP contribution >= 0.6 is 7.82 Å². The summed E-state index contributed by atoms with van der Waals surface area (Å²) in [5.41, 5.74) is 3.23. The van der Waals surface area contributed by atoms with Gasteiger partial charge in [0, 0.05) is 12.8 Å². The third-order valence-electron chi connectivity index (χ3n) is 8.04. The highest BCUT2D eigenvalue weighted by atomic mass is 31.2. The number of ether oxygens (including phenoxy) is 2. The highest BCUT2D eigenvalue weighted by molar-refractivity contribution is 7.45. The fourth-order valence-electron chi connectivity index (χ4n) is 5.00. The van der Waals surface area contributed by atoms with E-state index >= 15 is 0 Å². The molecule has 48 heavy (non-hydrogen) atoms. The highest BCUT2D eigenvalue weighted by Gasteiger charge is 2.22. The van der Waals surface area contributed by atoms with Crippen molar-refractivity contribution in [2.45, 2.75) is 180 Å². The van der Waals surface area contributed by atoms with Crippen LogP contribution in [0.15, 0.2) is 12.2 Å². The van der Waals surface area contributed by atoms with Crippen LogP contribution in [0.1, 0.15) is 168 Å². The lowest BCUT2D eigenvalue weighted by molar-refractivity contribution is -0.441. The Balaban J connectivity index is 4.46. The first-order valence-corrected chi connectivity index (χ1v) is 20.2. The third-order valence-corrected chi connectivity index (χ3v) is 8.97. The summed E-state index contributed by atoms with van der Waals surface area (Å²) in [5, 5.41) is 10.8. The number of esters is 2. The van der Waals surface area contributed by atoms with Crippen LogP contribution in [0.3, 0.4) is 0 Å². The number of allylic oxidation sites excluding steroid dienone is 2. The van der Waals surface area contributed by atoms with Gasteiger partial charge in [0.2, 0.25) is 0 Å². The molecule has 0 amide bonds. The van der Waals surface area contributed by atoms with Gasteiger partial charge < -0.3 is 39.0 Å².